The number of aliphatic hydroxyl groups excluding tert-OH is 1. The molecule has 1 aromatic rings. The van der Waals surface area contributed by atoms with Crippen molar-refractivity contribution in [3.05, 3.63) is 35.1 Å². The highest BCUT2D eigenvalue weighted by molar-refractivity contribution is 5.28. The van der Waals surface area contributed by atoms with Crippen molar-refractivity contribution >= 4 is 0 Å². The number of halogens is 1. The second kappa shape index (κ2) is 5.24. The van der Waals surface area contributed by atoms with Crippen molar-refractivity contribution in [3.63, 3.8) is 0 Å². The van der Waals surface area contributed by atoms with Crippen molar-refractivity contribution in [3.8, 4) is 0 Å². The molecule has 2 unspecified atom stereocenters. The Kier molecular flexibility index (Phi) is 4.24. The quantitative estimate of drug-likeness (QED) is 0.831. The molecule has 0 spiro atoms. The Morgan fingerprint density at radius 3 is 2.73 bits per heavy atom. The molecule has 0 amide bonds. The van der Waals surface area contributed by atoms with Gasteiger partial charge in [0.2, 0.25) is 0 Å². The van der Waals surface area contributed by atoms with Gasteiger partial charge >= 0.3 is 0 Å². The lowest BCUT2D eigenvalue weighted by Crippen LogP contribution is -2.12. The summed E-state index contributed by atoms with van der Waals surface area (Å²) < 4.78 is 18.0. The van der Waals surface area contributed by atoms with Gasteiger partial charge in [-0.2, -0.15) is 0 Å². The summed E-state index contributed by atoms with van der Waals surface area (Å²) in [6.07, 6.45) is -0.237. The molecule has 15 heavy (non-hydrogen) atoms. The van der Waals surface area contributed by atoms with E-state index < -0.39 is 6.10 Å². The third-order valence-corrected chi connectivity index (χ3v) is 2.56. The average Bonchev–Trinajstić information content (AvgIpc) is 2.21. The Balaban J connectivity index is 2.80. The molecule has 0 heterocycles. The van der Waals surface area contributed by atoms with Gasteiger partial charge in [-0.1, -0.05) is 6.07 Å². The van der Waals surface area contributed by atoms with Crippen molar-refractivity contribution in [1.29, 1.82) is 0 Å². The first kappa shape index (κ1) is 12.1. The number of ether oxygens (including phenoxy) is 1. The van der Waals surface area contributed by atoms with Gasteiger partial charge in [0.15, 0.2) is 0 Å². The van der Waals surface area contributed by atoms with Crippen molar-refractivity contribution < 1.29 is 14.2 Å². The zero-order valence-electron chi connectivity index (χ0n) is 9.33. The first-order chi connectivity index (χ1) is 7.04. The van der Waals surface area contributed by atoms with E-state index in [1.54, 1.807) is 13.2 Å². The van der Waals surface area contributed by atoms with Crippen LogP contribution in [0, 0.1) is 12.7 Å². The van der Waals surface area contributed by atoms with Crippen LogP contribution in [0.1, 0.15) is 30.6 Å². The molecule has 0 aromatic heterocycles. The van der Waals surface area contributed by atoms with Gasteiger partial charge in [-0.05, 0) is 37.1 Å². The lowest BCUT2D eigenvalue weighted by Gasteiger charge is -2.17. The first-order valence-electron chi connectivity index (χ1n) is 5.01. The van der Waals surface area contributed by atoms with Crippen molar-refractivity contribution in [2.45, 2.75) is 32.5 Å². The van der Waals surface area contributed by atoms with Crippen LogP contribution < -0.4 is 0 Å². The Hall–Kier alpha value is -0.930. The minimum atomic E-state index is -0.671. The van der Waals surface area contributed by atoms with Crippen LogP contribution in [0.15, 0.2) is 18.2 Å². The molecule has 0 saturated carbocycles. The van der Waals surface area contributed by atoms with Crippen LogP contribution in [-0.4, -0.2) is 18.3 Å². The molecule has 1 aromatic carbocycles. The lowest BCUT2D eigenvalue weighted by atomic mass is 9.99. The predicted molar refractivity (Wildman–Crippen MR) is 57.2 cm³/mol. The molecule has 0 fully saturated rings. The topological polar surface area (TPSA) is 29.5 Å². The number of aliphatic hydroxyl groups is 1. The standard InChI is InChI=1S/C12H17FO2/c1-8-4-5-10(13)7-11(8)12(14)6-9(2)15-3/h4-5,7,9,12,14H,6H2,1-3H3. The van der Waals surface area contributed by atoms with Crippen LogP contribution in [0.3, 0.4) is 0 Å². The number of methoxy groups -OCH3 is 1. The normalized spacial score (nSPS) is 15.0. The number of aryl methyl sites for hydroxylation is 1. The number of rotatable bonds is 4. The zero-order chi connectivity index (χ0) is 11.4. The summed E-state index contributed by atoms with van der Waals surface area (Å²) in [4.78, 5) is 0. The average molecular weight is 212 g/mol. The zero-order valence-corrected chi connectivity index (χ0v) is 9.33. The molecule has 0 radical (unpaired) electrons. The third kappa shape index (κ3) is 3.29. The van der Waals surface area contributed by atoms with E-state index in [-0.39, 0.29) is 11.9 Å². The molecular weight excluding hydrogens is 195 g/mol. The SMILES string of the molecule is COC(C)CC(O)c1cc(F)ccc1C. The molecule has 84 valence electrons. The summed E-state index contributed by atoms with van der Waals surface area (Å²) in [6, 6.07) is 4.44. The van der Waals surface area contributed by atoms with Crippen molar-refractivity contribution in [2.24, 2.45) is 0 Å². The maximum atomic E-state index is 13.0. The lowest BCUT2D eigenvalue weighted by molar-refractivity contribution is 0.0556. The van der Waals surface area contributed by atoms with Gasteiger partial charge in [0.25, 0.3) is 0 Å². The molecule has 3 heteroatoms. The minimum absolute atomic E-state index is 0.0392. The van der Waals surface area contributed by atoms with Gasteiger partial charge < -0.3 is 9.84 Å². The van der Waals surface area contributed by atoms with Crippen LogP contribution in [0.2, 0.25) is 0 Å². The van der Waals surface area contributed by atoms with Crippen LogP contribution in [0.5, 0.6) is 0 Å². The monoisotopic (exact) mass is 212 g/mol. The van der Waals surface area contributed by atoms with Crippen LogP contribution in [0.25, 0.3) is 0 Å². The van der Waals surface area contributed by atoms with E-state index in [0.29, 0.717) is 12.0 Å². The third-order valence-electron chi connectivity index (χ3n) is 2.56. The maximum Gasteiger partial charge on any atom is 0.123 e. The fourth-order valence-corrected chi connectivity index (χ4v) is 1.51. The second-order valence-corrected chi connectivity index (χ2v) is 3.80. The first-order valence-corrected chi connectivity index (χ1v) is 5.01. The fraction of sp³-hybridized carbons (Fsp3) is 0.500. The summed E-state index contributed by atoms with van der Waals surface area (Å²) in [6.45, 7) is 3.73. The summed E-state index contributed by atoms with van der Waals surface area (Å²) in [5.74, 6) is -0.320. The fourth-order valence-electron chi connectivity index (χ4n) is 1.51. The number of hydrogen-bond acceptors (Lipinski definition) is 2. The van der Waals surface area contributed by atoms with E-state index >= 15 is 0 Å². The molecular formula is C12H17FO2. The molecule has 2 nitrogen and oxygen atoms in total. The second-order valence-electron chi connectivity index (χ2n) is 3.80. The van der Waals surface area contributed by atoms with Crippen LogP contribution >= 0.6 is 0 Å². The van der Waals surface area contributed by atoms with E-state index in [4.69, 9.17) is 4.74 Å². The highest BCUT2D eigenvalue weighted by Gasteiger charge is 2.14. The number of benzene rings is 1. The molecule has 1 rings (SSSR count). The summed E-state index contributed by atoms with van der Waals surface area (Å²) >= 11 is 0. The molecule has 1 N–H and O–H groups in total. The smallest absolute Gasteiger partial charge is 0.123 e. The molecule has 0 aliphatic heterocycles. The van der Waals surface area contributed by atoms with Gasteiger partial charge in [-0.25, -0.2) is 4.39 Å². The van der Waals surface area contributed by atoms with E-state index in [0.717, 1.165) is 5.56 Å². The van der Waals surface area contributed by atoms with E-state index in [1.807, 2.05) is 13.8 Å². The summed E-state index contributed by atoms with van der Waals surface area (Å²) in [5, 5.41) is 9.88. The molecule has 2 atom stereocenters. The molecule has 0 saturated heterocycles. The Morgan fingerprint density at radius 1 is 1.47 bits per heavy atom. The Labute approximate surface area is 89.7 Å². The molecule has 0 bridgehead atoms. The Morgan fingerprint density at radius 2 is 2.13 bits per heavy atom. The van der Waals surface area contributed by atoms with Gasteiger partial charge in [0.05, 0.1) is 12.2 Å². The van der Waals surface area contributed by atoms with Crippen molar-refractivity contribution in [1.82, 2.24) is 0 Å². The van der Waals surface area contributed by atoms with E-state index in [9.17, 15) is 9.50 Å². The van der Waals surface area contributed by atoms with E-state index in [1.165, 1.54) is 12.1 Å². The molecule has 0 aliphatic carbocycles. The Bertz CT molecular complexity index is 325. The summed E-state index contributed by atoms with van der Waals surface area (Å²) in [7, 11) is 1.59. The van der Waals surface area contributed by atoms with Crippen LogP contribution in [0.4, 0.5) is 4.39 Å². The maximum absolute atomic E-state index is 13.0. The van der Waals surface area contributed by atoms with Crippen LogP contribution in [-0.2, 0) is 4.74 Å². The largest absolute Gasteiger partial charge is 0.388 e. The van der Waals surface area contributed by atoms with Gasteiger partial charge in [0, 0.05) is 13.5 Å². The highest BCUT2D eigenvalue weighted by Crippen LogP contribution is 2.23. The predicted octanol–water partition coefficient (Wildman–Crippen LogP) is 2.59. The summed E-state index contributed by atoms with van der Waals surface area (Å²) in [5.41, 5.74) is 1.53. The highest BCUT2D eigenvalue weighted by atomic mass is 19.1. The molecule has 0 aliphatic rings. The van der Waals surface area contributed by atoms with Crippen molar-refractivity contribution in [2.75, 3.05) is 7.11 Å². The van der Waals surface area contributed by atoms with E-state index in [2.05, 4.69) is 0 Å². The van der Waals surface area contributed by atoms with Gasteiger partial charge in [0.1, 0.15) is 5.82 Å². The van der Waals surface area contributed by atoms with Gasteiger partial charge in [-0.3, -0.25) is 0 Å². The number of hydrogen-bond donors (Lipinski definition) is 1. The van der Waals surface area contributed by atoms with Gasteiger partial charge in [-0.15, -0.1) is 0 Å². The minimum Gasteiger partial charge on any atom is -0.388 e.